The highest BCUT2D eigenvalue weighted by molar-refractivity contribution is 5.76. The maximum Gasteiger partial charge on any atom is 0.242 e. The van der Waals surface area contributed by atoms with Crippen molar-refractivity contribution in [1.29, 1.82) is 0 Å². The van der Waals surface area contributed by atoms with E-state index in [0.29, 0.717) is 5.92 Å². The Morgan fingerprint density at radius 2 is 2.19 bits per heavy atom. The van der Waals surface area contributed by atoms with Crippen molar-refractivity contribution in [2.24, 2.45) is 0 Å². The summed E-state index contributed by atoms with van der Waals surface area (Å²) in [6.07, 6.45) is 6.49. The van der Waals surface area contributed by atoms with Crippen LogP contribution in [-0.2, 0) is 16.1 Å². The average molecular weight is 293 g/mol. The van der Waals surface area contributed by atoms with Crippen LogP contribution in [0.25, 0.3) is 0 Å². The molecule has 1 N–H and O–H groups in total. The predicted octanol–water partition coefficient (Wildman–Crippen LogP) is 2.39. The smallest absolute Gasteiger partial charge is 0.242 e. The zero-order valence-corrected chi connectivity index (χ0v) is 13.6. The second kappa shape index (κ2) is 7.07. The van der Waals surface area contributed by atoms with Crippen molar-refractivity contribution in [2.45, 2.75) is 71.1 Å². The lowest BCUT2D eigenvalue weighted by atomic mass is 9.92. The molecule has 2 rings (SSSR count). The van der Waals surface area contributed by atoms with Gasteiger partial charge in [-0.15, -0.1) is 0 Å². The van der Waals surface area contributed by atoms with Gasteiger partial charge in [-0.1, -0.05) is 26.7 Å². The summed E-state index contributed by atoms with van der Waals surface area (Å²) in [5.74, 6) is 0.444. The lowest BCUT2D eigenvalue weighted by Crippen LogP contribution is -2.47. The Hall–Kier alpha value is -1.36. The van der Waals surface area contributed by atoms with E-state index in [0.717, 1.165) is 25.0 Å². The molecule has 0 bridgehead atoms. The minimum atomic E-state index is 0.0155. The van der Waals surface area contributed by atoms with Crippen molar-refractivity contribution in [3.05, 3.63) is 17.5 Å². The third-order valence-electron chi connectivity index (χ3n) is 4.26. The Kier molecular flexibility index (Phi) is 5.39. The van der Waals surface area contributed by atoms with E-state index >= 15 is 0 Å². The van der Waals surface area contributed by atoms with Crippen molar-refractivity contribution in [3.8, 4) is 0 Å². The Balaban J connectivity index is 1.93. The summed E-state index contributed by atoms with van der Waals surface area (Å²) in [6.45, 7) is 6.55. The van der Waals surface area contributed by atoms with Crippen molar-refractivity contribution >= 4 is 5.91 Å². The number of ether oxygens (including phenoxy) is 1. The molecule has 0 saturated heterocycles. The number of carbonyl (C=O) groups is 1. The third kappa shape index (κ3) is 4.06. The van der Waals surface area contributed by atoms with Crippen molar-refractivity contribution in [1.82, 2.24) is 15.1 Å². The molecule has 118 valence electrons. The van der Waals surface area contributed by atoms with E-state index in [1.807, 2.05) is 13.1 Å². The van der Waals surface area contributed by atoms with Crippen LogP contribution in [0, 0.1) is 6.92 Å². The second-order valence-electron chi connectivity index (χ2n) is 6.25. The highest BCUT2D eigenvalue weighted by Crippen LogP contribution is 2.21. The highest BCUT2D eigenvalue weighted by Gasteiger charge is 2.26. The van der Waals surface area contributed by atoms with Crippen LogP contribution in [-0.4, -0.2) is 34.9 Å². The molecule has 5 nitrogen and oxygen atoms in total. The minimum absolute atomic E-state index is 0.0155. The molecule has 0 aliphatic heterocycles. The van der Waals surface area contributed by atoms with E-state index in [4.69, 9.17) is 4.74 Å². The molecule has 0 unspecified atom stereocenters. The quantitative estimate of drug-likeness (QED) is 0.907. The van der Waals surface area contributed by atoms with Crippen LogP contribution < -0.4 is 5.32 Å². The normalized spacial score (nSPS) is 22.5. The third-order valence-corrected chi connectivity index (χ3v) is 4.26. The predicted molar refractivity (Wildman–Crippen MR) is 82.2 cm³/mol. The highest BCUT2D eigenvalue weighted by atomic mass is 16.5. The number of methoxy groups -OCH3 is 1. The molecule has 0 aromatic carbocycles. The van der Waals surface area contributed by atoms with Gasteiger partial charge < -0.3 is 10.1 Å². The molecule has 21 heavy (non-hydrogen) atoms. The van der Waals surface area contributed by atoms with E-state index in [1.54, 1.807) is 11.8 Å². The van der Waals surface area contributed by atoms with Gasteiger partial charge in [0.1, 0.15) is 6.54 Å². The summed E-state index contributed by atoms with van der Waals surface area (Å²) >= 11 is 0. The molecule has 2 atom stereocenters. The molecule has 1 aliphatic carbocycles. The Morgan fingerprint density at radius 3 is 2.81 bits per heavy atom. The van der Waals surface area contributed by atoms with Crippen LogP contribution >= 0.6 is 0 Å². The van der Waals surface area contributed by atoms with Gasteiger partial charge in [-0.3, -0.25) is 9.48 Å². The lowest BCUT2D eigenvalue weighted by molar-refractivity contribution is -0.124. The molecule has 0 spiro atoms. The Bertz CT molecular complexity index is 482. The fourth-order valence-electron chi connectivity index (χ4n) is 3.12. The molecule has 1 saturated carbocycles. The topological polar surface area (TPSA) is 56.1 Å². The number of carbonyl (C=O) groups excluding carboxylic acids is 1. The van der Waals surface area contributed by atoms with Gasteiger partial charge in [0, 0.05) is 13.3 Å². The van der Waals surface area contributed by atoms with Crippen molar-refractivity contribution < 1.29 is 9.53 Å². The summed E-state index contributed by atoms with van der Waals surface area (Å²) in [6, 6.07) is 0.137. The lowest BCUT2D eigenvalue weighted by Gasteiger charge is -2.31. The molecule has 1 heterocycles. The summed E-state index contributed by atoms with van der Waals surface area (Å²) < 4.78 is 7.21. The van der Waals surface area contributed by atoms with E-state index < -0.39 is 0 Å². The number of nitrogens with zero attached hydrogens (tertiary/aromatic N) is 2. The van der Waals surface area contributed by atoms with Crippen LogP contribution in [0.5, 0.6) is 0 Å². The molecule has 1 fully saturated rings. The molecule has 1 amide bonds. The second-order valence-corrected chi connectivity index (χ2v) is 6.25. The summed E-state index contributed by atoms with van der Waals surface area (Å²) in [4.78, 5) is 12.2. The molecular formula is C16H27N3O2. The largest absolute Gasteiger partial charge is 0.379 e. The summed E-state index contributed by atoms with van der Waals surface area (Å²) in [7, 11) is 1.72. The maximum absolute atomic E-state index is 12.2. The molecular weight excluding hydrogens is 266 g/mol. The van der Waals surface area contributed by atoms with Gasteiger partial charge in [-0.05, 0) is 31.2 Å². The first-order valence-electron chi connectivity index (χ1n) is 7.87. The first-order chi connectivity index (χ1) is 10.0. The number of aromatic nitrogens is 2. The first-order valence-corrected chi connectivity index (χ1v) is 7.87. The standard InChI is InChI=1S/C16H27N3O2/c1-11(2)13-9-19(18-12(13)3)10-16(20)17-14-7-5-6-8-15(14)21-4/h9,11,14-15H,5-8,10H2,1-4H3,(H,17,20)/t14-,15-/m0/s1. The Morgan fingerprint density at radius 1 is 1.48 bits per heavy atom. The van der Waals surface area contributed by atoms with Crippen LogP contribution in [0.1, 0.15) is 56.7 Å². The molecule has 1 aromatic rings. The summed E-state index contributed by atoms with van der Waals surface area (Å²) in [5, 5.41) is 7.53. The zero-order valence-electron chi connectivity index (χ0n) is 13.6. The van der Waals surface area contributed by atoms with Gasteiger partial charge in [0.2, 0.25) is 5.91 Å². The van der Waals surface area contributed by atoms with Gasteiger partial charge in [0.25, 0.3) is 0 Å². The van der Waals surface area contributed by atoms with Crippen LogP contribution in [0.3, 0.4) is 0 Å². The van der Waals surface area contributed by atoms with Gasteiger partial charge in [-0.25, -0.2) is 0 Å². The molecule has 1 aromatic heterocycles. The molecule has 5 heteroatoms. The molecule has 1 aliphatic rings. The fourth-order valence-corrected chi connectivity index (χ4v) is 3.12. The number of amides is 1. The zero-order chi connectivity index (χ0) is 15.4. The van der Waals surface area contributed by atoms with Crippen LogP contribution in [0.4, 0.5) is 0 Å². The average Bonchev–Trinajstić information content (AvgIpc) is 2.80. The van der Waals surface area contributed by atoms with Gasteiger partial charge in [0.15, 0.2) is 0 Å². The van der Waals surface area contributed by atoms with E-state index in [9.17, 15) is 4.79 Å². The van der Waals surface area contributed by atoms with Crippen molar-refractivity contribution in [2.75, 3.05) is 7.11 Å². The van der Waals surface area contributed by atoms with Gasteiger partial charge in [0.05, 0.1) is 17.8 Å². The number of rotatable bonds is 5. The van der Waals surface area contributed by atoms with Crippen LogP contribution in [0.15, 0.2) is 6.20 Å². The SMILES string of the molecule is CO[C@H]1CCCC[C@@H]1NC(=O)Cn1cc(C(C)C)c(C)n1. The van der Waals surface area contributed by atoms with Gasteiger partial charge in [-0.2, -0.15) is 5.10 Å². The van der Waals surface area contributed by atoms with Gasteiger partial charge >= 0.3 is 0 Å². The molecule has 0 radical (unpaired) electrons. The number of hydrogen-bond donors (Lipinski definition) is 1. The van der Waals surface area contributed by atoms with Crippen LogP contribution in [0.2, 0.25) is 0 Å². The number of hydrogen-bond acceptors (Lipinski definition) is 3. The number of aryl methyl sites for hydroxylation is 1. The maximum atomic E-state index is 12.2. The van der Waals surface area contributed by atoms with E-state index in [-0.39, 0.29) is 24.6 Å². The fraction of sp³-hybridized carbons (Fsp3) is 0.750. The van der Waals surface area contributed by atoms with Crippen molar-refractivity contribution in [3.63, 3.8) is 0 Å². The minimum Gasteiger partial charge on any atom is -0.379 e. The van der Waals surface area contributed by atoms with E-state index in [1.165, 1.54) is 12.0 Å². The van der Waals surface area contributed by atoms with E-state index in [2.05, 4.69) is 24.3 Å². The summed E-state index contributed by atoms with van der Waals surface area (Å²) in [5.41, 5.74) is 2.21. The first kappa shape index (κ1) is 16.0. The number of nitrogens with one attached hydrogen (secondary N) is 1. The Labute approximate surface area is 127 Å². The monoisotopic (exact) mass is 293 g/mol.